The zero-order chi connectivity index (χ0) is 13.8. The van der Waals surface area contributed by atoms with Crippen molar-refractivity contribution in [2.45, 2.75) is 19.9 Å². The molecule has 0 spiro atoms. The van der Waals surface area contributed by atoms with Crippen LogP contribution in [0.3, 0.4) is 0 Å². The first kappa shape index (κ1) is 19.9. The molecule has 2 N–H and O–H groups in total. The number of hydrogen-bond acceptors (Lipinski definition) is 5. The summed E-state index contributed by atoms with van der Waals surface area (Å²) in [7, 11) is 0. The maximum absolute atomic E-state index is 12.1. The monoisotopic (exact) mass is 335 g/mol. The number of anilines is 1. The summed E-state index contributed by atoms with van der Waals surface area (Å²) in [5, 5.41) is 0. The van der Waals surface area contributed by atoms with Crippen molar-refractivity contribution in [2.24, 2.45) is 11.7 Å². The second-order valence-corrected chi connectivity index (χ2v) is 5.13. The smallest absolute Gasteiger partial charge is 0.239 e. The van der Waals surface area contributed by atoms with Gasteiger partial charge in [0.1, 0.15) is 0 Å². The van der Waals surface area contributed by atoms with Gasteiger partial charge in [0.05, 0.1) is 6.04 Å². The lowest BCUT2D eigenvalue weighted by atomic mass is 10.0. The van der Waals surface area contributed by atoms with Crippen LogP contribution in [0.4, 0.5) is 5.95 Å². The van der Waals surface area contributed by atoms with Crippen LogP contribution in [0.25, 0.3) is 0 Å². The Morgan fingerprint density at radius 2 is 1.67 bits per heavy atom. The predicted molar refractivity (Wildman–Crippen MR) is 88.1 cm³/mol. The van der Waals surface area contributed by atoms with Crippen molar-refractivity contribution in [3.05, 3.63) is 18.5 Å². The maximum Gasteiger partial charge on any atom is 0.239 e. The SMILES string of the molecule is CC(C)[C@@H](N)C(=O)N1CCN(c2ncccn2)CC1.Cl.Cl. The van der Waals surface area contributed by atoms with E-state index in [4.69, 9.17) is 5.73 Å². The minimum absolute atomic E-state index is 0. The van der Waals surface area contributed by atoms with Gasteiger partial charge in [-0.3, -0.25) is 4.79 Å². The van der Waals surface area contributed by atoms with Crippen molar-refractivity contribution in [1.29, 1.82) is 0 Å². The standard InChI is InChI=1S/C13H21N5O.2ClH/c1-10(2)11(14)12(19)17-6-8-18(9-7-17)13-15-4-3-5-16-13;;/h3-5,10-11H,6-9,14H2,1-2H3;2*1H/t11-;;/m1../s1. The molecule has 1 aromatic heterocycles. The highest BCUT2D eigenvalue weighted by atomic mass is 35.5. The Morgan fingerprint density at radius 1 is 1.14 bits per heavy atom. The first-order valence-electron chi connectivity index (χ1n) is 6.66. The van der Waals surface area contributed by atoms with E-state index < -0.39 is 6.04 Å². The molecular weight excluding hydrogens is 313 g/mol. The molecule has 8 heteroatoms. The number of halogens is 2. The fourth-order valence-electron chi connectivity index (χ4n) is 2.08. The molecule has 0 aromatic carbocycles. The van der Waals surface area contributed by atoms with Gasteiger partial charge in [0.25, 0.3) is 0 Å². The highest BCUT2D eigenvalue weighted by Crippen LogP contribution is 2.11. The lowest BCUT2D eigenvalue weighted by Gasteiger charge is -2.36. The van der Waals surface area contributed by atoms with Gasteiger partial charge in [-0.05, 0) is 12.0 Å². The molecule has 1 atom stereocenters. The van der Waals surface area contributed by atoms with Gasteiger partial charge in [-0.1, -0.05) is 13.8 Å². The summed E-state index contributed by atoms with van der Waals surface area (Å²) in [4.78, 5) is 24.5. The van der Waals surface area contributed by atoms with Gasteiger partial charge < -0.3 is 15.5 Å². The zero-order valence-corrected chi connectivity index (χ0v) is 13.9. The van der Waals surface area contributed by atoms with Crippen LogP contribution in [0, 0.1) is 5.92 Å². The first-order valence-corrected chi connectivity index (χ1v) is 6.66. The van der Waals surface area contributed by atoms with Crippen molar-refractivity contribution in [3.63, 3.8) is 0 Å². The normalized spacial score (nSPS) is 16.0. The Kier molecular flexibility index (Phi) is 8.54. The molecule has 21 heavy (non-hydrogen) atoms. The minimum Gasteiger partial charge on any atom is -0.338 e. The number of amides is 1. The Hall–Kier alpha value is -1.11. The van der Waals surface area contributed by atoms with E-state index in [0.717, 1.165) is 19.0 Å². The third-order valence-electron chi connectivity index (χ3n) is 3.43. The molecule has 0 aliphatic carbocycles. The number of hydrogen-bond donors (Lipinski definition) is 1. The average molecular weight is 336 g/mol. The number of carbonyl (C=O) groups is 1. The second kappa shape index (κ2) is 9.02. The van der Waals surface area contributed by atoms with E-state index in [1.54, 1.807) is 18.5 Å². The number of nitrogens with two attached hydrogens (primary N) is 1. The van der Waals surface area contributed by atoms with Crippen molar-refractivity contribution < 1.29 is 4.79 Å². The Bertz CT molecular complexity index is 424. The van der Waals surface area contributed by atoms with Gasteiger partial charge in [-0.15, -0.1) is 24.8 Å². The van der Waals surface area contributed by atoms with Crippen molar-refractivity contribution >= 4 is 36.7 Å². The average Bonchev–Trinajstić information content (AvgIpc) is 2.46. The van der Waals surface area contributed by atoms with Crippen molar-refractivity contribution in [3.8, 4) is 0 Å². The van der Waals surface area contributed by atoms with E-state index in [1.807, 2.05) is 18.7 Å². The summed E-state index contributed by atoms with van der Waals surface area (Å²) in [5.41, 5.74) is 5.91. The molecule has 1 saturated heterocycles. The summed E-state index contributed by atoms with van der Waals surface area (Å²) in [6, 6.07) is 1.39. The Morgan fingerprint density at radius 3 is 2.14 bits per heavy atom. The molecule has 120 valence electrons. The third-order valence-corrected chi connectivity index (χ3v) is 3.43. The minimum atomic E-state index is -0.403. The van der Waals surface area contributed by atoms with E-state index in [-0.39, 0.29) is 36.6 Å². The zero-order valence-electron chi connectivity index (χ0n) is 12.3. The topological polar surface area (TPSA) is 75.4 Å². The van der Waals surface area contributed by atoms with Gasteiger partial charge in [0, 0.05) is 38.6 Å². The molecule has 1 aliphatic rings. The van der Waals surface area contributed by atoms with E-state index in [2.05, 4.69) is 14.9 Å². The second-order valence-electron chi connectivity index (χ2n) is 5.13. The Labute approximate surface area is 137 Å². The molecule has 0 radical (unpaired) electrons. The molecule has 6 nitrogen and oxygen atoms in total. The maximum atomic E-state index is 12.1. The molecule has 2 rings (SSSR count). The van der Waals surface area contributed by atoms with E-state index in [0.29, 0.717) is 13.1 Å². The predicted octanol–water partition coefficient (Wildman–Crippen LogP) is 0.952. The van der Waals surface area contributed by atoms with Crippen LogP contribution in [0.5, 0.6) is 0 Å². The molecule has 0 bridgehead atoms. The summed E-state index contributed by atoms with van der Waals surface area (Å²) in [5.74, 6) is 0.939. The highest BCUT2D eigenvalue weighted by Gasteiger charge is 2.27. The lowest BCUT2D eigenvalue weighted by Crippen LogP contribution is -2.54. The van der Waals surface area contributed by atoms with Crippen LogP contribution in [-0.4, -0.2) is 53.0 Å². The van der Waals surface area contributed by atoms with Crippen LogP contribution in [0.2, 0.25) is 0 Å². The first-order chi connectivity index (χ1) is 9.09. The van der Waals surface area contributed by atoms with Crippen LogP contribution in [0.15, 0.2) is 18.5 Å². The van der Waals surface area contributed by atoms with Crippen molar-refractivity contribution in [2.75, 3.05) is 31.1 Å². The summed E-state index contributed by atoms with van der Waals surface area (Å²) in [6.07, 6.45) is 3.46. The highest BCUT2D eigenvalue weighted by molar-refractivity contribution is 5.85. The summed E-state index contributed by atoms with van der Waals surface area (Å²) in [6.45, 7) is 6.80. The van der Waals surface area contributed by atoms with Crippen molar-refractivity contribution in [1.82, 2.24) is 14.9 Å². The molecule has 0 saturated carbocycles. The van der Waals surface area contributed by atoms with Crippen LogP contribution in [-0.2, 0) is 4.79 Å². The fraction of sp³-hybridized carbons (Fsp3) is 0.615. The van der Waals surface area contributed by atoms with Crippen LogP contribution < -0.4 is 10.6 Å². The number of nitrogens with zero attached hydrogens (tertiary/aromatic N) is 4. The number of carbonyl (C=O) groups excluding carboxylic acids is 1. The molecule has 1 fully saturated rings. The molecule has 1 amide bonds. The van der Waals surface area contributed by atoms with Gasteiger partial charge in [0.2, 0.25) is 11.9 Å². The lowest BCUT2D eigenvalue weighted by molar-refractivity contribution is -0.133. The van der Waals surface area contributed by atoms with Gasteiger partial charge in [-0.2, -0.15) is 0 Å². The Balaban J connectivity index is 0.00000200. The quantitative estimate of drug-likeness (QED) is 0.890. The van der Waals surface area contributed by atoms with E-state index >= 15 is 0 Å². The van der Waals surface area contributed by atoms with Crippen LogP contribution in [0.1, 0.15) is 13.8 Å². The number of aromatic nitrogens is 2. The molecule has 1 aliphatic heterocycles. The van der Waals surface area contributed by atoms with Crippen LogP contribution >= 0.6 is 24.8 Å². The molecule has 0 unspecified atom stereocenters. The number of rotatable bonds is 3. The molecule has 2 heterocycles. The van der Waals surface area contributed by atoms with E-state index in [1.165, 1.54) is 0 Å². The largest absolute Gasteiger partial charge is 0.338 e. The molecular formula is C13H23Cl2N5O. The number of piperazine rings is 1. The summed E-state index contributed by atoms with van der Waals surface area (Å²) >= 11 is 0. The van der Waals surface area contributed by atoms with E-state index in [9.17, 15) is 4.79 Å². The van der Waals surface area contributed by atoms with Gasteiger partial charge >= 0.3 is 0 Å². The third kappa shape index (κ3) is 4.98. The fourth-order valence-corrected chi connectivity index (χ4v) is 2.08. The summed E-state index contributed by atoms with van der Waals surface area (Å²) < 4.78 is 0. The van der Waals surface area contributed by atoms with Gasteiger partial charge in [-0.25, -0.2) is 9.97 Å². The molecule has 1 aromatic rings. The van der Waals surface area contributed by atoms with Gasteiger partial charge in [0.15, 0.2) is 0 Å².